The molecule has 0 unspecified atom stereocenters. The number of hydrogen-bond donors (Lipinski definition) is 2. The van der Waals surface area contributed by atoms with E-state index in [9.17, 15) is 19.2 Å². The SMILES string of the molecule is CC[C@@]1(C)NC(=O)N(CC(=O)OCC(=O)c2c(C)[nH]c3ccccc23)C1=O. The first kappa shape index (κ1) is 18.6. The molecule has 3 rings (SSSR count). The van der Waals surface area contributed by atoms with E-state index >= 15 is 0 Å². The number of H-pyrrole nitrogens is 1. The smallest absolute Gasteiger partial charge is 0.326 e. The first-order valence-corrected chi connectivity index (χ1v) is 8.67. The van der Waals surface area contributed by atoms with Crippen LogP contribution < -0.4 is 5.32 Å². The minimum atomic E-state index is -1.02. The molecule has 1 saturated heterocycles. The first-order valence-electron chi connectivity index (χ1n) is 8.67. The number of benzene rings is 1. The minimum absolute atomic E-state index is 0.353. The summed E-state index contributed by atoms with van der Waals surface area (Å²) in [7, 11) is 0. The van der Waals surface area contributed by atoms with Crippen LogP contribution in [0.15, 0.2) is 24.3 Å². The number of aryl methyl sites for hydroxylation is 1. The molecule has 1 fully saturated rings. The Hall–Kier alpha value is -3.16. The highest BCUT2D eigenvalue weighted by molar-refractivity contribution is 6.11. The summed E-state index contributed by atoms with van der Waals surface area (Å²) in [6, 6.07) is 6.70. The molecular formula is C19H21N3O5. The van der Waals surface area contributed by atoms with E-state index in [0.717, 1.165) is 15.8 Å². The number of amides is 3. The van der Waals surface area contributed by atoms with E-state index in [0.29, 0.717) is 17.7 Å². The van der Waals surface area contributed by atoms with Crippen molar-refractivity contribution in [2.45, 2.75) is 32.7 Å². The van der Waals surface area contributed by atoms with Crippen LogP contribution in [-0.4, -0.2) is 52.3 Å². The number of hydrogen-bond acceptors (Lipinski definition) is 5. The van der Waals surface area contributed by atoms with Gasteiger partial charge in [-0.3, -0.25) is 19.3 Å². The lowest BCUT2D eigenvalue weighted by Crippen LogP contribution is -2.43. The number of aromatic amines is 1. The zero-order chi connectivity index (χ0) is 19.8. The number of urea groups is 1. The van der Waals surface area contributed by atoms with Crippen molar-refractivity contribution in [3.8, 4) is 0 Å². The number of esters is 1. The summed E-state index contributed by atoms with van der Waals surface area (Å²) >= 11 is 0. The van der Waals surface area contributed by atoms with Crippen molar-refractivity contribution in [1.29, 1.82) is 0 Å². The molecule has 2 aromatic rings. The largest absolute Gasteiger partial charge is 0.456 e. The number of rotatable bonds is 6. The number of ether oxygens (including phenoxy) is 1. The van der Waals surface area contributed by atoms with Crippen molar-refractivity contribution in [3.05, 3.63) is 35.5 Å². The lowest BCUT2D eigenvalue weighted by atomic mass is 9.99. The zero-order valence-corrected chi connectivity index (χ0v) is 15.4. The molecule has 0 radical (unpaired) electrons. The monoisotopic (exact) mass is 371 g/mol. The summed E-state index contributed by atoms with van der Waals surface area (Å²) in [4.78, 5) is 52.7. The summed E-state index contributed by atoms with van der Waals surface area (Å²) in [5.41, 5.74) is 0.953. The topological polar surface area (TPSA) is 109 Å². The Labute approximate surface area is 155 Å². The Kier molecular flexibility index (Phi) is 4.73. The Morgan fingerprint density at radius 3 is 2.59 bits per heavy atom. The van der Waals surface area contributed by atoms with Gasteiger partial charge in [0.2, 0.25) is 5.78 Å². The average molecular weight is 371 g/mol. The predicted molar refractivity (Wildman–Crippen MR) is 97.3 cm³/mol. The van der Waals surface area contributed by atoms with Gasteiger partial charge in [0.25, 0.3) is 5.91 Å². The predicted octanol–water partition coefficient (Wildman–Crippen LogP) is 1.92. The van der Waals surface area contributed by atoms with Gasteiger partial charge in [0.15, 0.2) is 6.61 Å². The summed E-state index contributed by atoms with van der Waals surface area (Å²) < 4.78 is 5.02. The van der Waals surface area contributed by atoms with Crippen molar-refractivity contribution in [2.75, 3.05) is 13.2 Å². The molecular weight excluding hydrogens is 350 g/mol. The van der Waals surface area contributed by atoms with Crippen LogP contribution in [0.5, 0.6) is 0 Å². The number of nitrogens with one attached hydrogen (secondary N) is 2. The van der Waals surface area contributed by atoms with E-state index < -0.39 is 36.6 Å². The number of nitrogens with zero attached hydrogens (tertiary/aromatic N) is 1. The fraction of sp³-hybridized carbons (Fsp3) is 0.368. The van der Waals surface area contributed by atoms with Gasteiger partial charge in [-0.05, 0) is 26.3 Å². The quantitative estimate of drug-likeness (QED) is 0.458. The second-order valence-electron chi connectivity index (χ2n) is 6.76. The van der Waals surface area contributed by atoms with Gasteiger partial charge in [0.1, 0.15) is 12.1 Å². The van der Waals surface area contributed by atoms with Crippen molar-refractivity contribution < 1.29 is 23.9 Å². The minimum Gasteiger partial charge on any atom is -0.456 e. The molecule has 8 heteroatoms. The number of imide groups is 1. The summed E-state index contributed by atoms with van der Waals surface area (Å²) in [5.74, 6) is -1.65. The van der Waals surface area contributed by atoms with Gasteiger partial charge in [0.05, 0.1) is 0 Å². The Bertz CT molecular complexity index is 948. The number of aromatic nitrogens is 1. The lowest BCUT2D eigenvalue weighted by Gasteiger charge is -2.18. The number of Topliss-reactive ketones (excluding diaryl/α,β-unsaturated/α-hetero) is 1. The maximum Gasteiger partial charge on any atom is 0.326 e. The highest BCUT2D eigenvalue weighted by atomic mass is 16.5. The normalized spacial score (nSPS) is 19.4. The van der Waals surface area contributed by atoms with Crippen LogP contribution >= 0.6 is 0 Å². The fourth-order valence-electron chi connectivity index (χ4n) is 3.16. The number of ketones is 1. The second-order valence-corrected chi connectivity index (χ2v) is 6.76. The van der Waals surface area contributed by atoms with Gasteiger partial charge >= 0.3 is 12.0 Å². The van der Waals surface area contributed by atoms with E-state index in [-0.39, 0.29) is 5.78 Å². The van der Waals surface area contributed by atoms with Crippen molar-refractivity contribution >= 4 is 34.6 Å². The summed E-state index contributed by atoms with van der Waals surface area (Å²) in [5, 5.41) is 3.31. The van der Waals surface area contributed by atoms with Crippen LogP contribution in [0.25, 0.3) is 10.9 Å². The van der Waals surface area contributed by atoms with E-state index in [1.165, 1.54) is 0 Å². The third kappa shape index (κ3) is 3.30. The standard InChI is InChI=1S/C19H21N3O5/c1-4-19(3)17(25)22(18(26)21-19)9-15(24)27-10-14(23)16-11(2)20-13-8-6-5-7-12(13)16/h5-8,20H,4,9-10H2,1-3H3,(H,21,26)/t19-/m1/s1. The van der Waals surface area contributed by atoms with E-state index in [4.69, 9.17) is 4.74 Å². The van der Waals surface area contributed by atoms with Crippen molar-refractivity contribution in [1.82, 2.24) is 15.2 Å². The van der Waals surface area contributed by atoms with Gasteiger partial charge in [-0.2, -0.15) is 0 Å². The molecule has 1 atom stereocenters. The maximum absolute atomic E-state index is 12.5. The Balaban J connectivity index is 1.64. The van der Waals surface area contributed by atoms with Gasteiger partial charge in [-0.1, -0.05) is 25.1 Å². The van der Waals surface area contributed by atoms with Crippen LogP contribution in [0, 0.1) is 6.92 Å². The average Bonchev–Trinajstić information content (AvgIpc) is 3.08. The van der Waals surface area contributed by atoms with Gasteiger partial charge in [-0.15, -0.1) is 0 Å². The van der Waals surface area contributed by atoms with Gasteiger partial charge < -0.3 is 15.0 Å². The Morgan fingerprint density at radius 2 is 1.93 bits per heavy atom. The summed E-state index contributed by atoms with van der Waals surface area (Å²) in [6.45, 7) is 4.15. The van der Waals surface area contributed by atoms with Crippen LogP contribution in [0.3, 0.4) is 0 Å². The molecule has 0 bridgehead atoms. The highest BCUT2D eigenvalue weighted by Crippen LogP contribution is 2.23. The maximum atomic E-state index is 12.5. The van der Waals surface area contributed by atoms with Crippen LogP contribution in [0.2, 0.25) is 0 Å². The molecule has 142 valence electrons. The first-order chi connectivity index (χ1) is 12.8. The molecule has 3 amide bonds. The number of carbonyl (C=O) groups is 4. The lowest BCUT2D eigenvalue weighted by molar-refractivity contribution is -0.146. The van der Waals surface area contributed by atoms with Crippen LogP contribution in [-0.2, 0) is 14.3 Å². The summed E-state index contributed by atoms with van der Waals surface area (Å²) in [6.07, 6.45) is 0.404. The number of fused-ring (bicyclic) bond motifs is 1. The van der Waals surface area contributed by atoms with Gasteiger partial charge in [-0.25, -0.2) is 4.79 Å². The molecule has 1 aromatic carbocycles. The van der Waals surface area contributed by atoms with Crippen molar-refractivity contribution in [3.63, 3.8) is 0 Å². The molecule has 8 nitrogen and oxygen atoms in total. The number of carbonyl (C=O) groups excluding carboxylic acids is 4. The van der Waals surface area contributed by atoms with Gasteiger partial charge in [0, 0.05) is 22.2 Å². The molecule has 1 aliphatic heterocycles. The molecule has 0 saturated carbocycles. The third-order valence-electron chi connectivity index (χ3n) is 4.88. The molecule has 0 spiro atoms. The zero-order valence-electron chi connectivity index (χ0n) is 15.4. The van der Waals surface area contributed by atoms with E-state index in [2.05, 4.69) is 10.3 Å². The van der Waals surface area contributed by atoms with Crippen molar-refractivity contribution in [2.24, 2.45) is 0 Å². The highest BCUT2D eigenvalue weighted by Gasteiger charge is 2.47. The molecule has 1 aliphatic rings. The fourth-order valence-corrected chi connectivity index (χ4v) is 3.16. The molecule has 2 N–H and O–H groups in total. The van der Waals surface area contributed by atoms with Crippen LogP contribution in [0.1, 0.15) is 36.3 Å². The number of para-hydroxylation sites is 1. The van der Waals surface area contributed by atoms with E-state index in [1.54, 1.807) is 20.8 Å². The molecule has 2 heterocycles. The second kappa shape index (κ2) is 6.86. The molecule has 27 heavy (non-hydrogen) atoms. The molecule has 1 aromatic heterocycles. The molecule has 0 aliphatic carbocycles. The third-order valence-corrected chi connectivity index (χ3v) is 4.88. The van der Waals surface area contributed by atoms with Crippen LogP contribution in [0.4, 0.5) is 4.79 Å². The van der Waals surface area contributed by atoms with E-state index in [1.807, 2.05) is 24.3 Å². The Morgan fingerprint density at radius 1 is 1.22 bits per heavy atom.